The number of anilines is 3. The number of halogens is 2. The third kappa shape index (κ3) is 3.70. The topological polar surface area (TPSA) is 137 Å². The van der Waals surface area contributed by atoms with Gasteiger partial charge in [-0.25, -0.2) is 4.39 Å². The Morgan fingerprint density at radius 3 is 2.44 bits per heavy atom. The van der Waals surface area contributed by atoms with Gasteiger partial charge in [-0.3, -0.25) is 14.2 Å². The Kier molecular flexibility index (Phi) is 5.33. The summed E-state index contributed by atoms with van der Waals surface area (Å²) in [4.78, 5) is 13.2. The Morgan fingerprint density at radius 1 is 1.18 bits per heavy atom. The van der Waals surface area contributed by atoms with Gasteiger partial charge in [-0.1, -0.05) is 11.6 Å². The molecule has 2 aromatic heterocycles. The molecule has 2 heterocycles. The fraction of sp³-hybridized carbons (Fsp3) is 0.435. The smallest absolute Gasteiger partial charge is 0.261 e. The number of nitrogens with one attached hydrogen (secondary N) is 1. The van der Waals surface area contributed by atoms with Crippen LogP contribution < -0.4 is 16.8 Å². The van der Waals surface area contributed by atoms with Crippen LogP contribution in [0.2, 0.25) is 5.02 Å². The average Bonchev–Trinajstić information content (AvgIpc) is 3.47. The minimum atomic E-state index is -0.967. The minimum Gasteiger partial charge on any atom is -0.384 e. The van der Waals surface area contributed by atoms with Gasteiger partial charge in [0.25, 0.3) is 5.91 Å². The number of fused-ring (bicyclic) bond motifs is 1. The van der Waals surface area contributed by atoms with Gasteiger partial charge in [0.05, 0.1) is 16.4 Å². The number of hydrogen-bond acceptors (Lipinski definition) is 6. The van der Waals surface area contributed by atoms with E-state index in [1.165, 1.54) is 22.9 Å². The van der Waals surface area contributed by atoms with Gasteiger partial charge in [0.2, 0.25) is 0 Å². The largest absolute Gasteiger partial charge is 0.384 e. The molecule has 0 saturated heterocycles. The first-order valence-corrected chi connectivity index (χ1v) is 11.5. The molecule has 1 amide bonds. The van der Waals surface area contributed by atoms with Crippen molar-refractivity contribution in [3.8, 4) is 0 Å². The summed E-state index contributed by atoms with van der Waals surface area (Å²) in [6.07, 6.45) is 2.79. The van der Waals surface area contributed by atoms with Crippen LogP contribution in [-0.2, 0) is 19.7 Å². The van der Waals surface area contributed by atoms with Gasteiger partial charge in [0.1, 0.15) is 28.6 Å². The number of aliphatic hydroxyl groups is 1. The molecule has 0 aliphatic heterocycles. The average molecular weight is 488 g/mol. The number of nitrogens with zero attached hydrogens (tertiary/aromatic N) is 4. The number of nitrogen functional groups attached to an aromatic ring is 2. The van der Waals surface area contributed by atoms with Crippen molar-refractivity contribution < 1.29 is 14.3 Å². The van der Waals surface area contributed by atoms with Crippen LogP contribution in [0.5, 0.6) is 0 Å². The lowest BCUT2D eigenvalue weighted by Gasteiger charge is -2.24. The molecule has 6 N–H and O–H groups in total. The molecule has 0 spiro atoms. The zero-order valence-electron chi connectivity index (χ0n) is 18.9. The predicted octanol–water partition coefficient (Wildman–Crippen LogP) is 3.15. The van der Waals surface area contributed by atoms with Gasteiger partial charge in [-0.15, -0.1) is 0 Å². The van der Waals surface area contributed by atoms with Crippen LogP contribution >= 0.6 is 11.6 Å². The van der Waals surface area contributed by atoms with E-state index in [1.807, 2.05) is 0 Å². The lowest BCUT2D eigenvalue weighted by molar-refractivity contribution is 0.0263. The molecule has 1 unspecified atom stereocenters. The maximum absolute atomic E-state index is 13.5. The second-order valence-corrected chi connectivity index (χ2v) is 9.97. The number of benzene rings is 1. The molecule has 0 bridgehead atoms. The summed E-state index contributed by atoms with van der Waals surface area (Å²) in [7, 11) is 3.49. The molecule has 2 fully saturated rings. The van der Waals surface area contributed by atoms with Crippen LogP contribution in [0.3, 0.4) is 0 Å². The standard InChI is InChI=1S/C23H27ClFN7O2/c1-31-17(8-18(26)29-31)23(34)9-12-5-11(6-13(12)10-23)20-19(21(27)32(2)30-20)22(33)28-14-3-4-16(25)15(24)7-14/h3-4,7-8,11-13,34H,5-6,9-10,27H2,1-2H3,(H2,26,29)(H,28,33)/t11?,12-,13+,23+. The zero-order chi connectivity index (χ0) is 24.4. The summed E-state index contributed by atoms with van der Waals surface area (Å²) in [5, 5.41) is 22.8. The first kappa shape index (κ1) is 22.7. The lowest BCUT2D eigenvalue weighted by Crippen LogP contribution is -2.26. The summed E-state index contributed by atoms with van der Waals surface area (Å²) in [6.45, 7) is 0. The molecule has 2 aliphatic rings. The van der Waals surface area contributed by atoms with Crippen molar-refractivity contribution in [2.45, 2.75) is 37.2 Å². The van der Waals surface area contributed by atoms with Crippen molar-refractivity contribution >= 4 is 34.8 Å². The van der Waals surface area contributed by atoms with Crippen LogP contribution in [0.15, 0.2) is 24.3 Å². The van der Waals surface area contributed by atoms with Crippen molar-refractivity contribution in [2.75, 3.05) is 16.8 Å². The third-order valence-corrected chi connectivity index (χ3v) is 7.62. The lowest BCUT2D eigenvalue weighted by atomic mass is 9.89. The Labute approximate surface area is 200 Å². The van der Waals surface area contributed by atoms with Crippen molar-refractivity contribution in [1.82, 2.24) is 19.6 Å². The highest BCUT2D eigenvalue weighted by Gasteiger charge is 2.51. The molecule has 9 nitrogen and oxygen atoms in total. The Bertz CT molecular complexity index is 1270. The fourth-order valence-electron chi connectivity index (χ4n) is 5.86. The van der Waals surface area contributed by atoms with E-state index in [2.05, 4.69) is 15.5 Å². The van der Waals surface area contributed by atoms with Crippen LogP contribution in [0.25, 0.3) is 0 Å². The van der Waals surface area contributed by atoms with Crippen molar-refractivity contribution in [3.63, 3.8) is 0 Å². The Hall–Kier alpha value is -3.11. The van der Waals surface area contributed by atoms with E-state index >= 15 is 0 Å². The number of aromatic nitrogens is 4. The molecule has 34 heavy (non-hydrogen) atoms. The number of carbonyl (C=O) groups excluding carboxylic acids is 1. The number of rotatable bonds is 4. The van der Waals surface area contributed by atoms with E-state index in [9.17, 15) is 14.3 Å². The molecular weight excluding hydrogens is 461 g/mol. The highest BCUT2D eigenvalue weighted by molar-refractivity contribution is 6.31. The minimum absolute atomic E-state index is 0.0391. The highest BCUT2D eigenvalue weighted by Crippen LogP contribution is 2.57. The highest BCUT2D eigenvalue weighted by atomic mass is 35.5. The van der Waals surface area contributed by atoms with Crippen LogP contribution in [0.1, 0.15) is 53.3 Å². The van der Waals surface area contributed by atoms with Crippen LogP contribution in [0, 0.1) is 17.7 Å². The maximum atomic E-state index is 13.5. The van der Waals surface area contributed by atoms with Crippen molar-refractivity contribution in [2.24, 2.45) is 25.9 Å². The molecule has 0 radical (unpaired) electrons. The van der Waals surface area contributed by atoms with E-state index in [0.29, 0.717) is 35.6 Å². The number of nitrogens with two attached hydrogens (primary N) is 2. The molecule has 3 aromatic rings. The molecule has 4 atom stereocenters. The maximum Gasteiger partial charge on any atom is 0.261 e. The van der Waals surface area contributed by atoms with Gasteiger partial charge < -0.3 is 21.9 Å². The van der Waals surface area contributed by atoms with E-state index < -0.39 is 17.3 Å². The molecule has 11 heteroatoms. The first-order chi connectivity index (χ1) is 16.1. The van der Waals surface area contributed by atoms with Crippen molar-refractivity contribution in [3.05, 3.63) is 52.1 Å². The van der Waals surface area contributed by atoms with Gasteiger partial charge >= 0.3 is 0 Å². The number of carbonyl (C=O) groups is 1. The van der Waals surface area contributed by atoms with Gasteiger partial charge in [0.15, 0.2) is 0 Å². The van der Waals surface area contributed by atoms with E-state index in [1.54, 1.807) is 24.8 Å². The van der Waals surface area contributed by atoms with E-state index in [-0.39, 0.29) is 28.6 Å². The monoisotopic (exact) mass is 487 g/mol. The van der Waals surface area contributed by atoms with Gasteiger partial charge in [-0.05, 0) is 55.7 Å². The summed E-state index contributed by atoms with van der Waals surface area (Å²) < 4.78 is 16.6. The number of hydrogen-bond donors (Lipinski definition) is 4. The summed E-state index contributed by atoms with van der Waals surface area (Å²) in [5.41, 5.74) is 13.2. The van der Waals surface area contributed by atoms with Crippen LogP contribution in [-0.4, -0.2) is 30.6 Å². The summed E-state index contributed by atoms with van der Waals surface area (Å²) in [5.74, 6) is 0.275. The molecular formula is C23H27ClFN7O2. The van der Waals surface area contributed by atoms with Crippen LogP contribution in [0.4, 0.5) is 21.7 Å². The Morgan fingerprint density at radius 2 is 1.85 bits per heavy atom. The molecule has 2 saturated carbocycles. The SMILES string of the molecule is Cn1nc(N)cc1[C@]1(O)C[C@H]2CC(c3nn(C)c(N)c3C(=O)Nc3ccc(F)c(Cl)c3)C[C@H]2C1. The quantitative estimate of drug-likeness (QED) is 0.446. The predicted molar refractivity (Wildman–Crippen MR) is 127 cm³/mol. The fourth-order valence-corrected chi connectivity index (χ4v) is 6.05. The second-order valence-electron chi connectivity index (χ2n) is 9.56. The third-order valence-electron chi connectivity index (χ3n) is 7.33. The molecule has 180 valence electrons. The summed E-state index contributed by atoms with van der Waals surface area (Å²) in [6, 6.07) is 5.73. The molecule has 5 rings (SSSR count). The van der Waals surface area contributed by atoms with Gasteiger partial charge in [-0.2, -0.15) is 10.2 Å². The zero-order valence-corrected chi connectivity index (χ0v) is 19.7. The number of amides is 1. The number of aryl methyl sites for hydroxylation is 2. The van der Waals surface area contributed by atoms with Crippen molar-refractivity contribution in [1.29, 1.82) is 0 Å². The second kappa shape index (κ2) is 7.99. The normalized spacial score (nSPS) is 26.1. The van der Waals surface area contributed by atoms with Gasteiger partial charge in [0, 0.05) is 31.8 Å². The Balaban J connectivity index is 1.36. The molecule has 2 aliphatic carbocycles. The molecule has 1 aromatic carbocycles. The van der Waals surface area contributed by atoms with E-state index in [4.69, 9.17) is 23.1 Å². The van der Waals surface area contributed by atoms with E-state index in [0.717, 1.165) is 18.5 Å². The summed E-state index contributed by atoms with van der Waals surface area (Å²) >= 11 is 5.85. The first-order valence-electron chi connectivity index (χ1n) is 11.2.